The van der Waals surface area contributed by atoms with Gasteiger partial charge in [-0.3, -0.25) is 4.79 Å². The summed E-state index contributed by atoms with van der Waals surface area (Å²) >= 11 is 0. The van der Waals surface area contributed by atoms with Crippen molar-refractivity contribution in [3.63, 3.8) is 0 Å². The predicted molar refractivity (Wildman–Crippen MR) is 103 cm³/mol. The predicted octanol–water partition coefficient (Wildman–Crippen LogP) is 3.84. The third kappa shape index (κ3) is 2.92. The molecule has 0 radical (unpaired) electrons. The van der Waals surface area contributed by atoms with Gasteiger partial charge in [-0.2, -0.15) is 0 Å². The second-order valence-corrected chi connectivity index (χ2v) is 6.19. The first-order valence-corrected chi connectivity index (χ1v) is 8.82. The molecule has 5 heteroatoms. The Morgan fingerprint density at radius 1 is 1.04 bits per heavy atom. The van der Waals surface area contributed by atoms with Crippen molar-refractivity contribution in [3.8, 4) is 0 Å². The average molecular weight is 344 g/mol. The van der Waals surface area contributed by atoms with Crippen LogP contribution in [0.2, 0.25) is 0 Å². The molecule has 1 aromatic heterocycles. The topological polar surface area (TPSA) is 49.3 Å². The molecule has 1 aliphatic rings. The molecule has 5 nitrogen and oxygen atoms in total. The number of benzene rings is 2. The van der Waals surface area contributed by atoms with E-state index in [0.29, 0.717) is 18.1 Å². The third-order valence-electron chi connectivity index (χ3n) is 4.64. The van der Waals surface area contributed by atoms with Gasteiger partial charge in [-0.1, -0.05) is 36.4 Å². The van der Waals surface area contributed by atoms with E-state index in [4.69, 9.17) is 0 Å². The van der Waals surface area contributed by atoms with Crippen LogP contribution in [-0.2, 0) is 6.42 Å². The van der Waals surface area contributed by atoms with Gasteiger partial charge in [0.1, 0.15) is 0 Å². The van der Waals surface area contributed by atoms with Crippen LogP contribution in [0.4, 0.5) is 17.3 Å². The maximum atomic E-state index is 12.9. The van der Waals surface area contributed by atoms with Gasteiger partial charge < -0.3 is 9.80 Å². The smallest absolute Gasteiger partial charge is 0.261 e. The molecule has 0 spiro atoms. The van der Waals surface area contributed by atoms with Crippen LogP contribution in [-0.4, -0.2) is 29.0 Å². The SMILES string of the molecule is CCN(c1ccccc1)c1ncc(C(=O)N2CCc3ccccc32)cn1. The van der Waals surface area contributed by atoms with Crippen LogP contribution in [0, 0.1) is 0 Å². The van der Waals surface area contributed by atoms with E-state index in [1.54, 1.807) is 12.4 Å². The number of hydrogen-bond donors (Lipinski definition) is 0. The van der Waals surface area contributed by atoms with Gasteiger partial charge >= 0.3 is 0 Å². The minimum Gasteiger partial charge on any atom is -0.311 e. The van der Waals surface area contributed by atoms with Gasteiger partial charge in [0.2, 0.25) is 5.95 Å². The van der Waals surface area contributed by atoms with Gasteiger partial charge in [0.15, 0.2) is 0 Å². The summed E-state index contributed by atoms with van der Waals surface area (Å²) in [5, 5.41) is 0. The number of nitrogens with zero attached hydrogens (tertiary/aromatic N) is 4. The van der Waals surface area contributed by atoms with E-state index >= 15 is 0 Å². The van der Waals surface area contributed by atoms with Crippen LogP contribution in [0.1, 0.15) is 22.8 Å². The van der Waals surface area contributed by atoms with Crippen molar-refractivity contribution in [2.75, 3.05) is 22.9 Å². The fourth-order valence-corrected chi connectivity index (χ4v) is 3.32. The summed E-state index contributed by atoms with van der Waals surface area (Å²) in [6, 6.07) is 18.0. The minimum atomic E-state index is -0.0516. The molecule has 2 aromatic carbocycles. The monoisotopic (exact) mass is 344 g/mol. The van der Waals surface area contributed by atoms with Crippen LogP contribution >= 0.6 is 0 Å². The zero-order valence-electron chi connectivity index (χ0n) is 14.7. The first-order valence-electron chi connectivity index (χ1n) is 8.82. The van der Waals surface area contributed by atoms with Gasteiger partial charge in [0, 0.05) is 36.9 Å². The van der Waals surface area contributed by atoms with Crippen LogP contribution in [0.3, 0.4) is 0 Å². The molecule has 0 aliphatic carbocycles. The van der Waals surface area contributed by atoms with Crippen molar-refractivity contribution in [2.24, 2.45) is 0 Å². The number of amides is 1. The molecule has 0 fully saturated rings. The third-order valence-corrected chi connectivity index (χ3v) is 4.64. The maximum Gasteiger partial charge on any atom is 0.261 e. The highest BCUT2D eigenvalue weighted by atomic mass is 16.2. The number of hydrogen-bond acceptors (Lipinski definition) is 4. The zero-order chi connectivity index (χ0) is 17.9. The lowest BCUT2D eigenvalue weighted by atomic mass is 10.2. The molecule has 3 aromatic rings. The first-order chi connectivity index (χ1) is 12.8. The second-order valence-electron chi connectivity index (χ2n) is 6.19. The highest BCUT2D eigenvalue weighted by Crippen LogP contribution is 2.29. The molecule has 1 amide bonds. The largest absolute Gasteiger partial charge is 0.311 e. The van der Waals surface area contributed by atoms with E-state index in [1.807, 2.05) is 58.3 Å². The van der Waals surface area contributed by atoms with Gasteiger partial charge in [-0.05, 0) is 37.1 Å². The summed E-state index contributed by atoms with van der Waals surface area (Å²) < 4.78 is 0. The Bertz CT molecular complexity index is 909. The van der Waals surface area contributed by atoms with E-state index in [1.165, 1.54) is 5.56 Å². The number of anilines is 3. The first kappa shape index (κ1) is 16.3. The quantitative estimate of drug-likeness (QED) is 0.721. The summed E-state index contributed by atoms with van der Waals surface area (Å²) in [4.78, 5) is 25.6. The number of fused-ring (bicyclic) bond motifs is 1. The van der Waals surface area contributed by atoms with Gasteiger partial charge in [0.05, 0.1) is 5.56 Å². The van der Waals surface area contributed by atoms with Gasteiger partial charge in [-0.15, -0.1) is 0 Å². The standard InChI is InChI=1S/C21H20N4O/c1-2-24(18-9-4-3-5-10-18)21-22-14-17(15-23-21)20(26)25-13-12-16-8-6-7-11-19(16)25/h3-11,14-15H,2,12-13H2,1H3. The van der Waals surface area contributed by atoms with Gasteiger partial charge in [0.25, 0.3) is 5.91 Å². The Labute approximate surface area is 152 Å². The summed E-state index contributed by atoms with van der Waals surface area (Å²) in [7, 11) is 0. The fourth-order valence-electron chi connectivity index (χ4n) is 3.32. The number of rotatable bonds is 4. The van der Waals surface area contributed by atoms with Crippen LogP contribution in [0.25, 0.3) is 0 Å². The Balaban J connectivity index is 1.57. The van der Waals surface area contributed by atoms with E-state index in [-0.39, 0.29) is 5.91 Å². The van der Waals surface area contributed by atoms with Crippen molar-refractivity contribution in [2.45, 2.75) is 13.3 Å². The maximum absolute atomic E-state index is 12.9. The molecule has 26 heavy (non-hydrogen) atoms. The molecular formula is C21H20N4O. The number of carbonyl (C=O) groups excluding carboxylic acids is 1. The normalized spacial score (nSPS) is 12.7. The van der Waals surface area contributed by atoms with Gasteiger partial charge in [-0.25, -0.2) is 9.97 Å². The average Bonchev–Trinajstić information content (AvgIpc) is 3.13. The minimum absolute atomic E-state index is 0.0516. The number of para-hydroxylation sites is 2. The van der Waals surface area contributed by atoms with Crippen molar-refractivity contribution < 1.29 is 4.79 Å². The molecule has 2 heterocycles. The number of aromatic nitrogens is 2. The molecule has 0 N–H and O–H groups in total. The summed E-state index contributed by atoms with van der Waals surface area (Å²) in [5.74, 6) is 0.543. The number of carbonyl (C=O) groups is 1. The fraction of sp³-hybridized carbons (Fsp3) is 0.190. The zero-order valence-corrected chi connectivity index (χ0v) is 14.7. The van der Waals surface area contributed by atoms with E-state index < -0.39 is 0 Å². The molecule has 0 unspecified atom stereocenters. The molecule has 4 rings (SSSR count). The van der Waals surface area contributed by atoms with Crippen molar-refractivity contribution in [1.82, 2.24) is 9.97 Å². The summed E-state index contributed by atoms with van der Waals surface area (Å²) in [6.45, 7) is 3.50. The van der Waals surface area contributed by atoms with Crippen LogP contribution in [0.15, 0.2) is 67.0 Å². The second kappa shape index (κ2) is 6.96. The Hall–Kier alpha value is -3.21. The molecule has 130 valence electrons. The Morgan fingerprint density at radius 3 is 2.46 bits per heavy atom. The van der Waals surface area contributed by atoms with Crippen LogP contribution < -0.4 is 9.80 Å². The summed E-state index contributed by atoms with van der Waals surface area (Å²) in [6.07, 6.45) is 4.13. The molecule has 0 bridgehead atoms. The highest BCUT2D eigenvalue weighted by Gasteiger charge is 2.25. The molecule has 0 atom stereocenters. The van der Waals surface area contributed by atoms with Crippen molar-refractivity contribution in [3.05, 3.63) is 78.1 Å². The van der Waals surface area contributed by atoms with E-state index in [0.717, 1.165) is 24.3 Å². The lowest BCUT2D eigenvalue weighted by molar-refractivity contribution is 0.0988. The molecule has 1 aliphatic heterocycles. The molecule has 0 saturated carbocycles. The Morgan fingerprint density at radius 2 is 1.73 bits per heavy atom. The van der Waals surface area contributed by atoms with E-state index in [9.17, 15) is 4.79 Å². The van der Waals surface area contributed by atoms with Crippen LogP contribution in [0.5, 0.6) is 0 Å². The molecule has 0 saturated heterocycles. The van der Waals surface area contributed by atoms with Crippen molar-refractivity contribution in [1.29, 1.82) is 0 Å². The lowest BCUT2D eigenvalue weighted by Crippen LogP contribution is -2.29. The van der Waals surface area contributed by atoms with Crippen molar-refractivity contribution >= 4 is 23.2 Å². The highest BCUT2D eigenvalue weighted by molar-refractivity contribution is 6.07. The van der Waals surface area contributed by atoms with E-state index in [2.05, 4.69) is 23.0 Å². The molecular weight excluding hydrogens is 324 g/mol. The lowest BCUT2D eigenvalue weighted by Gasteiger charge is -2.21. The summed E-state index contributed by atoms with van der Waals surface area (Å²) in [5.41, 5.74) is 3.73. The Kier molecular flexibility index (Phi) is 4.35.